The Balaban J connectivity index is 1.33. The van der Waals surface area contributed by atoms with Crippen molar-refractivity contribution >= 4 is 17.5 Å². The van der Waals surface area contributed by atoms with Crippen molar-refractivity contribution in [1.82, 2.24) is 10.4 Å². The fourth-order valence-corrected chi connectivity index (χ4v) is 4.21. The number of carbonyl (C=O) groups excluding carboxylic acids is 2. The van der Waals surface area contributed by atoms with Crippen molar-refractivity contribution in [2.24, 2.45) is 11.1 Å². The van der Waals surface area contributed by atoms with Crippen LogP contribution in [0, 0.1) is 5.92 Å². The number of nitrogens with zero attached hydrogens (tertiary/aromatic N) is 2. The topological polar surface area (TPSA) is 91.2 Å². The van der Waals surface area contributed by atoms with E-state index >= 15 is 0 Å². The number of hydrogen-bond acceptors (Lipinski definition) is 5. The number of hydroxylamine groups is 1. The number of benzene rings is 2. The van der Waals surface area contributed by atoms with E-state index in [1.807, 2.05) is 23.1 Å². The second-order valence-electron chi connectivity index (χ2n) is 8.48. The molecule has 1 atom stereocenters. The lowest BCUT2D eigenvalue weighted by Gasteiger charge is -2.32. The second kappa shape index (κ2) is 8.89. The van der Waals surface area contributed by atoms with E-state index in [1.165, 1.54) is 5.56 Å². The van der Waals surface area contributed by atoms with Crippen LogP contribution in [0.1, 0.15) is 47.7 Å². The van der Waals surface area contributed by atoms with Crippen LogP contribution in [0.3, 0.4) is 0 Å². The van der Waals surface area contributed by atoms with Crippen molar-refractivity contribution in [2.75, 3.05) is 13.1 Å². The first-order chi connectivity index (χ1) is 15.0. The summed E-state index contributed by atoms with van der Waals surface area (Å²) in [7, 11) is 0. The minimum absolute atomic E-state index is 0.0406. The Kier molecular flexibility index (Phi) is 6.04. The Labute approximate surface area is 181 Å². The summed E-state index contributed by atoms with van der Waals surface area (Å²) in [5.41, 5.74) is 3.76. The third-order valence-corrected chi connectivity index (χ3v) is 6.18. The van der Waals surface area contributed by atoms with Crippen LogP contribution in [0.4, 0.5) is 0 Å². The first-order valence-corrected chi connectivity index (χ1v) is 10.6. The molecular weight excluding hydrogens is 394 g/mol. The predicted octanol–water partition coefficient (Wildman–Crippen LogP) is 3.17. The molecule has 4 rings (SSSR count). The lowest BCUT2D eigenvalue weighted by atomic mass is 9.90. The van der Waals surface area contributed by atoms with Crippen molar-refractivity contribution < 1.29 is 19.6 Å². The molecule has 31 heavy (non-hydrogen) atoms. The third-order valence-electron chi connectivity index (χ3n) is 6.18. The first-order valence-electron chi connectivity index (χ1n) is 10.6. The smallest absolute Gasteiger partial charge is 0.290 e. The number of carbonyl (C=O) groups is 2. The highest BCUT2D eigenvalue weighted by Gasteiger charge is 2.42. The fraction of sp³-hybridized carbons (Fsp3) is 0.375. The van der Waals surface area contributed by atoms with Crippen molar-refractivity contribution in [3.8, 4) is 0 Å². The van der Waals surface area contributed by atoms with Gasteiger partial charge in [0.1, 0.15) is 0 Å². The zero-order valence-electron chi connectivity index (χ0n) is 17.6. The maximum absolute atomic E-state index is 12.9. The molecule has 0 saturated carbocycles. The molecule has 0 aromatic heterocycles. The summed E-state index contributed by atoms with van der Waals surface area (Å²) in [5.74, 6) is 0.00664. The van der Waals surface area contributed by atoms with Crippen LogP contribution in [0.25, 0.3) is 0 Å². The molecule has 1 unspecified atom stereocenters. The number of nitrogens with one attached hydrogen (secondary N) is 1. The third kappa shape index (κ3) is 4.61. The lowest BCUT2D eigenvalue weighted by Crippen LogP contribution is -2.43. The van der Waals surface area contributed by atoms with Gasteiger partial charge in [0.15, 0.2) is 0 Å². The van der Waals surface area contributed by atoms with E-state index in [9.17, 15) is 9.59 Å². The monoisotopic (exact) mass is 421 g/mol. The van der Waals surface area contributed by atoms with Crippen LogP contribution in [0.2, 0.25) is 0 Å². The average Bonchev–Trinajstić information content (AvgIpc) is 3.23. The molecule has 162 valence electrons. The van der Waals surface area contributed by atoms with Crippen LogP contribution in [-0.4, -0.2) is 46.3 Å². The van der Waals surface area contributed by atoms with E-state index in [0.29, 0.717) is 17.2 Å². The van der Waals surface area contributed by atoms with Gasteiger partial charge < -0.3 is 9.74 Å². The molecule has 2 aromatic carbocycles. The maximum atomic E-state index is 12.9. The van der Waals surface area contributed by atoms with Gasteiger partial charge in [-0.1, -0.05) is 47.6 Å². The highest BCUT2D eigenvalue weighted by Crippen LogP contribution is 2.27. The number of hydrogen-bond donors (Lipinski definition) is 2. The van der Waals surface area contributed by atoms with Crippen molar-refractivity contribution in [2.45, 2.75) is 38.2 Å². The maximum Gasteiger partial charge on any atom is 0.290 e. The molecule has 2 aliphatic rings. The lowest BCUT2D eigenvalue weighted by molar-refractivity contribution is -0.150. The van der Waals surface area contributed by atoms with Crippen LogP contribution >= 0.6 is 0 Å². The molecule has 7 nitrogen and oxygen atoms in total. The Morgan fingerprint density at radius 3 is 2.45 bits per heavy atom. The summed E-state index contributed by atoms with van der Waals surface area (Å²) in [5, 5.41) is 12.8. The Morgan fingerprint density at radius 2 is 1.81 bits per heavy atom. The molecule has 1 saturated heterocycles. The van der Waals surface area contributed by atoms with Crippen LogP contribution in [-0.2, 0) is 16.1 Å². The van der Waals surface area contributed by atoms with E-state index in [-0.39, 0.29) is 12.3 Å². The second-order valence-corrected chi connectivity index (χ2v) is 8.48. The zero-order chi connectivity index (χ0) is 21.8. The van der Waals surface area contributed by atoms with E-state index in [2.05, 4.69) is 29.4 Å². The summed E-state index contributed by atoms with van der Waals surface area (Å²) in [6, 6.07) is 17.7. The van der Waals surface area contributed by atoms with Crippen LogP contribution in [0.15, 0.2) is 59.8 Å². The largest absolute Gasteiger partial charge is 0.379 e. The number of oxime groups is 1. The average molecular weight is 421 g/mol. The molecule has 2 heterocycles. The normalized spacial score (nSPS) is 21.4. The highest BCUT2D eigenvalue weighted by molar-refractivity contribution is 6.05. The molecule has 0 aliphatic carbocycles. The van der Waals surface area contributed by atoms with Crippen molar-refractivity contribution in [3.05, 3.63) is 71.3 Å². The van der Waals surface area contributed by atoms with Gasteiger partial charge in [0.05, 0.1) is 5.71 Å². The predicted molar refractivity (Wildman–Crippen MR) is 116 cm³/mol. The Bertz CT molecular complexity index is 966. The molecule has 2 aliphatic heterocycles. The van der Waals surface area contributed by atoms with Gasteiger partial charge in [-0.25, -0.2) is 5.48 Å². The molecule has 2 aromatic rings. The molecule has 0 radical (unpaired) electrons. The SMILES string of the molecule is CC1(C(=O)NO)CC(c2ccc(C(=O)N3CCC(Cc4ccccc4)CC3)cc2)=NO1. The summed E-state index contributed by atoms with van der Waals surface area (Å²) in [6.45, 7) is 3.11. The molecule has 7 heteroatoms. The van der Waals surface area contributed by atoms with Gasteiger partial charge in [0, 0.05) is 25.1 Å². The van der Waals surface area contributed by atoms with Crippen LogP contribution < -0.4 is 5.48 Å². The quantitative estimate of drug-likeness (QED) is 0.573. The summed E-state index contributed by atoms with van der Waals surface area (Å²) < 4.78 is 0. The van der Waals surface area contributed by atoms with Gasteiger partial charge in [0.25, 0.3) is 11.8 Å². The van der Waals surface area contributed by atoms with Gasteiger partial charge in [-0.2, -0.15) is 0 Å². The minimum Gasteiger partial charge on any atom is -0.379 e. The highest BCUT2D eigenvalue weighted by atomic mass is 16.7. The molecule has 2 amide bonds. The van der Waals surface area contributed by atoms with Gasteiger partial charge >= 0.3 is 0 Å². The Morgan fingerprint density at radius 1 is 1.13 bits per heavy atom. The van der Waals surface area contributed by atoms with Gasteiger partial charge in [-0.3, -0.25) is 14.8 Å². The van der Waals surface area contributed by atoms with E-state index in [0.717, 1.165) is 37.9 Å². The molecule has 0 bridgehead atoms. The van der Waals surface area contributed by atoms with Crippen molar-refractivity contribution in [3.63, 3.8) is 0 Å². The van der Waals surface area contributed by atoms with Gasteiger partial charge in [0.2, 0.25) is 5.60 Å². The van der Waals surface area contributed by atoms with Gasteiger partial charge in [-0.15, -0.1) is 0 Å². The summed E-state index contributed by atoms with van der Waals surface area (Å²) in [6.07, 6.45) is 3.33. The summed E-state index contributed by atoms with van der Waals surface area (Å²) >= 11 is 0. The van der Waals surface area contributed by atoms with E-state index in [1.54, 1.807) is 24.5 Å². The number of likely N-dealkylation sites (tertiary alicyclic amines) is 1. The minimum atomic E-state index is -1.23. The number of rotatable bonds is 5. The Hall–Kier alpha value is -3.19. The number of piperidine rings is 1. The standard InChI is InChI=1S/C24H27N3O4/c1-24(23(29)25-30)16-21(26-31-24)19-7-9-20(10-8-19)22(28)27-13-11-18(12-14-27)15-17-5-3-2-4-6-17/h2-10,18,30H,11-16H2,1H3,(H,25,29). The van der Waals surface area contributed by atoms with Crippen LogP contribution in [0.5, 0.6) is 0 Å². The molecule has 2 N–H and O–H groups in total. The van der Waals surface area contributed by atoms with Gasteiger partial charge in [-0.05, 0) is 55.4 Å². The number of amides is 2. The molecule has 0 spiro atoms. The van der Waals surface area contributed by atoms with E-state index in [4.69, 9.17) is 10.0 Å². The van der Waals surface area contributed by atoms with E-state index < -0.39 is 11.5 Å². The van der Waals surface area contributed by atoms with Crippen molar-refractivity contribution in [1.29, 1.82) is 0 Å². The zero-order valence-corrected chi connectivity index (χ0v) is 17.6. The first kappa shape index (κ1) is 21.1. The molecule has 1 fully saturated rings. The summed E-state index contributed by atoms with van der Waals surface area (Å²) in [4.78, 5) is 31.8. The fourth-order valence-electron chi connectivity index (χ4n) is 4.21. The molecular formula is C24H27N3O4.